The summed E-state index contributed by atoms with van der Waals surface area (Å²) in [5.74, 6) is 1.85. The van der Waals surface area contributed by atoms with Crippen LogP contribution in [-0.4, -0.2) is 27.3 Å². The molecule has 0 aliphatic heterocycles. The number of rotatable bonds is 15. The van der Waals surface area contributed by atoms with Gasteiger partial charge in [0.1, 0.15) is 5.82 Å². The summed E-state index contributed by atoms with van der Waals surface area (Å²) < 4.78 is 7.39. The number of hydrogen-bond acceptors (Lipinski definition) is 5. The van der Waals surface area contributed by atoms with Crippen LogP contribution in [0.2, 0.25) is 0 Å². The Bertz CT molecular complexity index is 651. The summed E-state index contributed by atoms with van der Waals surface area (Å²) in [6.45, 7) is 8.15. The van der Waals surface area contributed by atoms with Crippen LogP contribution in [0.5, 0.6) is 0 Å². The fourth-order valence-corrected chi connectivity index (χ4v) is 4.04. The smallest absolute Gasteiger partial charge is 0.335 e. The number of unbranched alkanes of at least 4 members (excludes halogenated alkanes) is 7. The zero-order valence-corrected chi connectivity index (χ0v) is 18.8. The molecule has 0 unspecified atom stereocenters. The van der Waals surface area contributed by atoms with Gasteiger partial charge in [-0.15, -0.1) is 10.2 Å². The Hall–Kier alpha value is -1.85. The van der Waals surface area contributed by atoms with E-state index >= 15 is 0 Å². The van der Waals surface area contributed by atoms with Gasteiger partial charge in [0.15, 0.2) is 5.82 Å². The molecule has 1 aliphatic carbocycles. The van der Waals surface area contributed by atoms with Gasteiger partial charge in [0.2, 0.25) is 0 Å². The number of hydrogen-bond donors (Lipinski definition) is 1. The molecule has 0 radical (unpaired) electrons. The molecule has 0 fully saturated rings. The molecule has 1 heterocycles. The molecule has 0 aromatic carbocycles. The van der Waals surface area contributed by atoms with Crippen LogP contribution in [0.15, 0.2) is 11.3 Å². The third kappa shape index (κ3) is 7.48. The highest BCUT2D eigenvalue weighted by atomic mass is 16.5. The van der Waals surface area contributed by atoms with Crippen molar-refractivity contribution >= 4 is 5.97 Å². The van der Waals surface area contributed by atoms with Crippen molar-refractivity contribution < 1.29 is 9.53 Å². The molecule has 2 rings (SSSR count). The minimum Gasteiger partial charge on any atom is -0.463 e. The number of aryl methyl sites for hydroxylation is 1. The largest absolute Gasteiger partial charge is 0.463 e. The molecule has 6 nitrogen and oxygen atoms in total. The van der Waals surface area contributed by atoms with Gasteiger partial charge in [0, 0.05) is 18.7 Å². The van der Waals surface area contributed by atoms with Gasteiger partial charge in [-0.2, -0.15) is 0 Å². The van der Waals surface area contributed by atoms with E-state index in [9.17, 15) is 4.79 Å². The second-order valence-electron chi connectivity index (χ2n) is 7.89. The van der Waals surface area contributed by atoms with Gasteiger partial charge in [-0.3, -0.25) is 0 Å². The van der Waals surface area contributed by atoms with Crippen molar-refractivity contribution in [2.75, 3.05) is 6.61 Å². The summed E-state index contributed by atoms with van der Waals surface area (Å²) in [6, 6.07) is 0. The maximum atomic E-state index is 12.1. The minimum absolute atomic E-state index is 0.181. The number of esters is 1. The molecule has 0 saturated heterocycles. The summed E-state index contributed by atoms with van der Waals surface area (Å²) in [5, 5.41) is 12.3. The van der Waals surface area contributed by atoms with Gasteiger partial charge in [-0.25, -0.2) is 4.79 Å². The topological polar surface area (TPSA) is 69.0 Å². The Labute approximate surface area is 176 Å². The van der Waals surface area contributed by atoms with Crippen molar-refractivity contribution in [2.45, 2.75) is 111 Å². The first-order valence-corrected chi connectivity index (χ1v) is 11.7. The zero-order valence-electron chi connectivity index (χ0n) is 18.8. The predicted octanol–water partition coefficient (Wildman–Crippen LogP) is 5.07. The molecule has 0 amide bonds. The molecule has 1 aliphatic rings. The quantitative estimate of drug-likeness (QED) is 0.326. The van der Waals surface area contributed by atoms with Crippen LogP contribution in [0.4, 0.5) is 0 Å². The molecule has 1 aromatic heterocycles. The maximum absolute atomic E-state index is 12.1. The summed E-state index contributed by atoms with van der Waals surface area (Å²) in [5.41, 5.74) is 1.81. The third-order valence-corrected chi connectivity index (χ3v) is 5.67. The highest BCUT2D eigenvalue weighted by molar-refractivity contribution is 5.89. The lowest BCUT2D eigenvalue weighted by atomic mass is 10.1. The van der Waals surface area contributed by atoms with Crippen LogP contribution in [0.1, 0.15) is 103 Å². The number of ether oxygens (including phenoxy) is 1. The summed E-state index contributed by atoms with van der Waals surface area (Å²) in [4.78, 5) is 12.1. The lowest BCUT2D eigenvalue weighted by Crippen LogP contribution is -2.19. The van der Waals surface area contributed by atoms with Gasteiger partial charge < -0.3 is 14.6 Å². The van der Waals surface area contributed by atoms with Gasteiger partial charge in [0.05, 0.1) is 18.7 Å². The Morgan fingerprint density at radius 3 is 2.34 bits per heavy atom. The van der Waals surface area contributed by atoms with Crippen LogP contribution in [0.3, 0.4) is 0 Å². The van der Waals surface area contributed by atoms with Gasteiger partial charge >= 0.3 is 5.97 Å². The standard InChI is InChI=1S/C23H40N4O2/c1-4-7-8-9-10-11-12-13-17-21-25-26-22(27(21)5-2)18-24-20-16-14-15-19(20)23(28)29-6-3/h24H,4-18H2,1-3H3. The third-order valence-electron chi connectivity index (χ3n) is 5.67. The number of allylic oxidation sites excluding steroid dienone is 1. The SMILES string of the molecule is CCCCCCCCCCc1nnc(CNC2=C(C(=O)OCC)CCC2)n1CC. The molecule has 164 valence electrons. The van der Waals surface area contributed by atoms with E-state index in [0.29, 0.717) is 13.2 Å². The molecular formula is C23H40N4O2. The fraction of sp³-hybridized carbons (Fsp3) is 0.783. The van der Waals surface area contributed by atoms with E-state index in [4.69, 9.17) is 4.74 Å². The molecule has 6 heteroatoms. The molecule has 0 atom stereocenters. The van der Waals surface area contributed by atoms with Crippen molar-refractivity contribution in [1.29, 1.82) is 0 Å². The summed E-state index contributed by atoms with van der Waals surface area (Å²) >= 11 is 0. The van der Waals surface area contributed by atoms with Crippen LogP contribution < -0.4 is 5.32 Å². The van der Waals surface area contributed by atoms with E-state index in [-0.39, 0.29) is 5.97 Å². The van der Waals surface area contributed by atoms with Gasteiger partial charge in [0.25, 0.3) is 0 Å². The number of carbonyl (C=O) groups excluding carboxylic acids is 1. The Morgan fingerprint density at radius 2 is 1.66 bits per heavy atom. The van der Waals surface area contributed by atoms with E-state index < -0.39 is 0 Å². The first kappa shape index (κ1) is 23.4. The highest BCUT2D eigenvalue weighted by Gasteiger charge is 2.22. The number of aromatic nitrogens is 3. The van der Waals surface area contributed by atoms with E-state index in [0.717, 1.165) is 55.1 Å². The van der Waals surface area contributed by atoms with Crippen LogP contribution in [0, 0.1) is 0 Å². The summed E-state index contributed by atoms with van der Waals surface area (Å²) in [6.07, 6.45) is 14.3. The molecular weight excluding hydrogens is 364 g/mol. The Balaban J connectivity index is 1.80. The summed E-state index contributed by atoms with van der Waals surface area (Å²) in [7, 11) is 0. The highest BCUT2D eigenvalue weighted by Crippen LogP contribution is 2.25. The maximum Gasteiger partial charge on any atom is 0.335 e. The van der Waals surface area contributed by atoms with Crippen molar-refractivity contribution in [3.8, 4) is 0 Å². The van der Waals surface area contributed by atoms with E-state index in [1.54, 1.807) is 0 Å². The van der Waals surface area contributed by atoms with Crippen LogP contribution >= 0.6 is 0 Å². The first-order valence-electron chi connectivity index (χ1n) is 11.7. The second-order valence-corrected chi connectivity index (χ2v) is 7.89. The van der Waals surface area contributed by atoms with Crippen molar-refractivity contribution in [1.82, 2.24) is 20.1 Å². The van der Waals surface area contributed by atoms with E-state index in [1.165, 1.54) is 51.4 Å². The fourth-order valence-electron chi connectivity index (χ4n) is 4.04. The average Bonchev–Trinajstić information content (AvgIpc) is 3.35. The predicted molar refractivity (Wildman–Crippen MR) is 116 cm³/mol. The van der Waals surface area contributed by atoms with Crippen LogP contribution in [-0.2, 0) is 29.0 Å². The molecule has 0 spiro atoms. The molecule has 0 bridgehead atoms. The number of nitrogens with zero attached hydrogens (tertiary/aromatic N) is 3. The van der Waals surface area contributed by atoms with E-state index in [2.05, 4.69) is 33.9 Å². The van der Waals surface area contributed by atoms with Crippen molar-refractivity contribution in [3.05, 3.63) is 22.9 Å². The van der Waals surface area contributed by atoms with Gasteiger partial charge in [-0.1, -0.05) is 51.9 Å². The second kappa shape index (κ2) is 13.4. The molecule has 29 heavy (non-hydrogen) atoms. The molecule has 1 aromatic rings. The Morgan fingerprint density at radius 1 is 0.966 bits per heavy atom. The molecule has 0 saturated carbocycles. The minimum atomic E-state index is -0.181. The Kier molecular flexibility index (Phi) is 10.8. The number of nitrogens with one attached hydrogen (secondary N) is 1. The number of carbonyl (C=O) groups is 1. The van der Waals surface area contributed by atoms with Crippen molar-refractivity contribution in [3.63, 3.8) is 0 Å². The van der Waals surface area contributed by atoms with Crippen LogP contribution in [0.25, 0.3) is 0 Å². The van der Waals surface area contributed by atoms with E-state index in [1.807, 2.05) is 6.92 Å². The van der Waals surface area contributed by atoms with Gasteiger partial charge in [-0.05, 0) is 39.5 Å². The monoisotopic (exact) mass is 404 g/mol. The van der Waals surface area contributed by atoms with Crippen molar-refractivity contribution in [2.24, 2.45) is 0 Å². The first-order chi connectivity index (χ1) is 14.2. The zero-order chi connectivity index (χ0) is 20.9. The lowest BCUT2D eigenvalue weighted by molar-refractivity contribution is -0.138. The normalized spacial score (nSPS) is 13.9. The molecule has 1 N–H and O–H groups in total. The average molecular weight is 405 g/mol. The lowest BCUT2D eigenvalue weighted by Gasteiger charge is -2.11.